The second-order valence-electron chi connectivity index (χ2n) is 6.00. The van der Waals surface area contributed by atoms with Crippen LogP contribution in [0.25, 0.3) is 5.69 Å². The van der Waals surface area contributed by atoms with E-state index in [1.54, 1.807) is 6.92 Å². The topological polar surface area (TPSA) is 76.8 Å². The number of carbonyl (C=O) groups is 1. The third kappa shape index (κ3) is 4.19. The van der Waals surface area contributed by atoms with Crippen molar-refractivity contribution in [1.82, 2.24) is 14.2 Å². The Morgan fingerprint density at radius 3 is 2.33 bits per heavy atom. The summed E-state index contributed by atoms with van der Waals surface area (Å²) in [6.45, 7) is 1.61. The highest BCUT2D eigenvalue weighted by molar-refractivity contribution is 6.33. The van der Waals surface area contributed by atoms with Crippen molar-refractivity contribution in [2.45, 2.75) is 13.1 Å². The number of amides is 2. The summed E-state index contributed by atoms with van der Waals surface area (Å²) in [7, 11) is 3.33. The molecular formula is C17H17ClF4N4O4. The van der Waals surface area contributed by atoms with Crippen LogP contribution in [0, 0.1) is 5.82 Å². The maximum absolute atomic E-state index is 14.6. The van der Waals surface area contributed by atoms with Crippen LogP contribution in [-0.2, 0) is 18.1 Å². The molecule has 30 heavy (non-hydrogen) atoms. The summed E-state index contributed by atoms with van der Waals surface area (Å²) in [6, 6.07) is 1.15. The molecule has 2 aromatic rings. The van der Waals surface area contributed by atoms with Crippen molar-refractivity contribution >= 4 is 23.3 Å². The molecular weight excluding hydrogens is 436 g/mol. The van der Waals surface area contributed by atoms with Gasteiger partial charge in [-0.2, -0.15) is 13.2 Å². The van der Waals surface area contributed by atoms with E-state index in [-0.39, 0.29) is 32.5 Å². The molecule has 0 atom stereocenters. The van der Waals surface area contributed by atoms with Gasteiger partial charge in [-0.15, -0.1) is 0 Å². The Kier molecular flexibility index (Phi) is 6.62. The van der Waals surface area contributed by atoms with Gasteiger partial charge in [-0.25, -0.2) is 23.6 Å². The number of urea groups is 1. The van der Waals surface area contributed by atoms with Crippen LogP contribution in [-0.4, -0.2) is 40.9 Å². The number of benzene rings is 1. The maximum Gasteiger partial charge on any atom is 0.431 e. The van der Waals surface area contributed by atoms with Crippen LogP contribution in [0.1, 0.15) is 12.6 Å². The molecule has 0 aliphatic carbocycles. The molecule has 1 heterocycles. The zero-order valence-electron chi connectivity index (χ0n) is 16.3. The Morgan fingerprint density at radius 1 is 1.23 bits per heavy atom. The molecule has 0 radical (unpaired) electrons. The lowest BCUT2D eigenvalue weighted by molar-refractivity contribution is -0.144. The number of alkyl halides is 3. The number of rotatable bonds is 4. The molecule has 0 unspecified atom stereocenters. The Bertz CT molecular complexity index is 1100. The van der Waals surface area contributed by atoms with Crippen molar-refractivity contribution < 1.29 is 27.2 Å². The average Bonchev–Trinajstić information content (AvgIpc) is 2.66. The normalized spacial score (nSPS) is 11.5. The van der Waals surface area contributed by atoms with E-state index in [0.29, 0.717) is 0 Å². The van der Waals surface area contributed by atoms with Gasteiger partial charge in [-0.3, -0.25) is 19.1 Å². The number of hydrogen-bond donors (Lipinski definition) is 0. The van der Waals surface area contributed by atoms with Gasteiger partial charge < -0.3 is 0 Å². The quantitative estimate of drug-likeness (QED) is 0.528. The molecule has 1 aromatic heterocycles. The first-order valence-corrected chi connectivity index (χ1v) is 8.71. The highest BCUT2D eigenvalue weighted by atomic mass is 35.5. The van der Waals surface area contributed by atoms with Gasteiger partial charge in [0.1, 0.15) is 11.5 Å². The van der Waals surface area contributed by atoms with Crippen LogP contribution < -0.4 is 16.1 Å². The van der Waals surface area contributed by atoms with Crippen molar-refractivity contribution in [3.63, 3.8) is 0 Å². The molecule has 13 heteroatoms. The molecule has 0 aliphatic heterocycles. The summed E-state index contributed by atoms with van der Waals surface area (Å²) >= 11 is 6.04. The molecule has 0 bridgehead atoms. The predicted octanol–water partition coefficient (Wildman–Crippen LogP) is 2.79. The molecule has 2 rings (SSSR count). The van der Waals surface area contributed by atoms with E-state index in [2.05, 4.69) is 0 Å². The van der Waals surface area contributed by atoms with Crippen LogP contribution in [0.5, 0.6) is 0 Å². The first-order chi connectivity index (χ1) is 13.8. The molecule has 1 aromatic carbocycles. The fourth-order valence-electron chi connectivity index (χ4n) is 2.68. The molecule has 164 valence electrons. The van der Waals surface area contributed by atoms with E-state index in [0.717, 1.165) is 29.1 Å². The van der Waals surface area contributed by atoms with Crippen molar-refractivity contribution in [1.29, 1.82) is 0 Å². The summed E-state index contributed by atoms with van der Waals surface area (Å²) in [5.41, 5.74) is -5.07. The van der Waals surface area contributed by atoms with Crippen LogP contribution in [0.15, 0.2) is 27.8 Å². The Labute approximate surface area is 172 Å². The van der Waals surface area contributed by atoms with E-state index in [1.807, 2.05) is 0 Å². The second-order valence-corrected chi connectivity index (χ2v) is 6.41. The van der Waals surface area contributed by atoms with Gasteiger partial charge >= 0.3 is 17.9 Å². The van der Waals surface area contributed by atoms with Gasteiger partial charge in [-0.1, -0.05) is 11.6 Å². The minimum absolute atomic E-state index is 0.0389. The highest BCUT2D eigenvalue weighted by Gasteiger charge is 2.35. The highest BCUT2D eigenvalue weighted by Crippen LogP contribution is 2.31. The smallest absolute Gasteiger partial charge is 0.292 e. The van der Waals surface area contributed by atoms with Crippen molar-refractivity contribution in [2.75, 3.05) is 25.6 Å². The number of aromatic nitrogens is 2. The van der Waals surface area contributed by atoms with E-state index in [9.17, 15) is 31.9 Å². The molecule has 0 saturated heterocycles. The molecule has 0 saturated carbocycles. The lowest BCUT2D eigenvalue weighted by atomic mass is 10.2. The van der Waals surface area contributed by atoms with Crippen LogP contribution in [0.3, 0.4) is 0 Å². The van der Waals surface area contributed by atoms with Gasteiger partial charge in [0, 0.05) is 26.7 Å². The van der Waals surface area contributed by atoms with Crippen LogP contribution in [0.2, 0.25) is 5.02 Å². The summed E-state index contributed by atoms with van der Waals surface area (Å²) in [4.78, 5) is 43.0. The lowest BCUT2D eigenvalue weighted by Gasteiger charge is -2.27. The molecule has 0 spiro atoms. The van der Waals surface area contributed by atoms with E-state index >= 15 is 0 Å². The summed E-state index contributed by atoms with van der Waals surface area (Å²) < 4.78 is 54.1. The van der Waals surface area contributed by atoms with Crippen LogP contribution >= 0.6 is 11.6 Å². The van der Waals surface area contributed by atoms with Crippen molar-refractivity contribution in [3.05, 3.63) is 55.6 Å². The van der Waals surface area contributed by atoms with E-state index in [4.69, 9.17) is 16.4 Å². The van der Waals surface area contributed by atoms with Gasteiger partial charge in [0.05, 0.1) is 23.5 Å². The van der Waals surface area contributed by atoms with Crippen molar-refractivity contribution in [2.24, 2.45) is 7.05 Å². The van der Waals surface area contributed by atoms with Crippen LogP contribution in [0.4, 0.5) is 28.0 Å². The fourth-order valence-corrected chi connectivity index (χ4v) is 2.93. The number of halogens is 5. The Morgan fingerprint density at radius 2 is 1.83 bits per heavy atom. The molecule has 0 fully saturated rings. The molecule has 2 amide bonds. The molecule has 8 nitrogen and oxygen atoms in total. The van der Waals surface area contributed by atoms with Gasteiger partial charge in [0.25, 0.3) is 5.56 Å². The zero-order valence-corrected chi connectivity index (χ0v) is 17.0. The van der Waals surface area contributed by atoms with Crippen molar-refractivity contribution in [3.8, 4) is 5.69 Å². The van der Waals surface area contributed by atoms with E-state index in [1.165, 1.54) is 14.2 Å². The number of hydroxylamine groups is 2. The third-order valence-electron chi connectivity index (χ3n) is 4.25. The summed E-state index contributed by atoms with van der Waals surface area (Å²) in [6.07, 6.45) is -4.97. The second kappa shape index (κ2) is 8.48. The standard InChI is InChI=1S/C17H17ClF4N4O4/c1-5-25(16(29)24(3)30-4)11-7-12(10(19)6-9(11)18)26-14(27)8-13(17(20,21)22)23(2)15(26)28/h6-8H,5H2,1-4H3. The van der Waals surface area contributed by atoms with Gasteiger partial charge in [0.15, 0.2) is 0 Å². The van der Waals surface area contributed by atoms with Gasteiger partial charge in [0.2, 0.25) is 0 Å². The fraction of sp³-hybridized carbons (Fsp3) is 0.353. The number of nitrogens with zero attached hydrogens (tertiary/aromatic N) is 4. The zero-order chi connectivity index (χ0) is 23.0. The molecule has 0 N–H and O–H groups in total. The minimum atomic E-state index is -4.97. The lowest BCUT2D eigenvalue weighted by Crippen LogP contribution is -2.42. The number of anilines is 1. The summed E-state index contributed by atoms with van der Waals surface area (Å²) in [5.74, 6) is -1.15. The first-order valence-electron chi connectivity index (χ1n) is 8.34. The van der Waals surface area contributed by atoms with E-state index < -0.39 is 40.7 Å². The molecule has 0 aliphatic rings. The Hall–Kier alpha value is -2.86. The summed E-state index contributed by atoms with van der Waals surface area (Å²) in [5, 5.41) is 0.624. The number of carbonyl (C=O) groups excluding carboxylic acids is 1. The first kappa shape index (κ1) is 23.4. The largest absolute Gasteiger partial charge is 0.431 e. The Balaban J connectivity index is 2.78. The maximum atomic E-state index is 14.6. The predicted molar refractivity (Wildman–Crippen MR) is 100 cm³/mol. The SMILES string of the molecule is CCN(C(=O)N(C)OC)c1cc(-n2c(=O)cc(C(F)(F)F)n(C)c2=O)c(F)cc1Cl. The monoisotopic (exact) mass is 452 g/mol. The minimum Gasteiger partial charge on any atom is -0.292 e. The average molecular weight is 453 g/mol. The third-order valence-corrected chi connectivity index (χ3v) is 4.55. The van der Waals surface area contributed by atoms with Gasteiger partial charge in [-0.05, 0) is 19.1 Å². The number of hydrogen-bond acceptors (Lipinski definition) is 4.